The quantitative estimate of drug-likeness (QED) is 0.455. The molecule has 1 fully saturated rings. The zero-order valence-electron chi connectivity index (χ0n) is 13.8. The van der Waals surface area contributed by atoms with Crippen LogP contribution in [0.5, 0.6) is 0 Å². The number of methoxy groups -OCH3 is 1. The molecule has 0 saturated heterocycles. The predicted octanol–water partition coefficient (Wildman–Crippen LogP) is 3.13. The highest BCUT2D eigenvalue weighted by atomic mass is 127. The van der Waals surface area contributed by atoms with Crippen LogP contribution in [0.4, 0.5) is 0 Å². The maximum Gasteiger partial charge on any atom is 0.193 e. The first kappa shape index (κ1) is 19.2. The van der Waals surface area contributed by atoms with Gasteiger partial charge in [-0.15, -0.1) is 24.0 Å². The Morgan fingerprint density at radius 2 is 2.00 bits per heavy atom. The molecule has 1 aromatic carbocycles. The number of nitrogens with zero attached hydrogens (tertiary/aromatic N) is 2. The van der Waals surface area contributed by atoms with E-state index in [0.717, 1.165) is 12.5 Å². The highest BCUT2D eigenvalue weighted by Gasteiger charge is 2.27. The minimum Gasteiger partial charge on any atom is -0.381 e. The summed E-state index contributed by atoms with van der Waals surface area (Å²) >= 11 is 0. The van der Waals surface area contributed by atoms with Crippen molar-refractivity contribution in [3.05, 3.63) is 35.9 Å². The lowest BCUT2D eigenvalue weighted by atomic mass is 10.1. The summed E-state index contributed by atoms with van der Waals surface area (Å²) in [5, 5.41) is 3.49. The topological polar surface area (TPSA) is 36.9 Å². The van der Waals surface area contributed by atoms with Gasteiger partial charge < -0.3 is 15.0 Å². The van der Waals surface area contributed by atoms with E-state index in [1.54, 1.807) is 0 Å². The summed E-state index contributed by atoms with van der Waals surface area (Å²) in [4.78, 5) is 6.74. The summed E-state index contributed by atoms with van der Waals surface area (Å²) in [5.41, 5.74) is 1.23. The van der Waals surface area contributed by atoms with Crippen molar-refractivity contribution in [2.24, 2.45) is 10.9 Å². The average Bonchev–Trinajstić information content (AvgIpc) is 2.95. The average molecular weight is 417 g/mol. The zero-order chi connectivity index (χ0) is 15.1. The predicted molar refractivity (Wildman–Crippen MR) is 103 cm³/mol. The van der Waals surface area contributed by atoms with Gasteiger partial charge in [0.25, 0.3) is 0 Å². The molecule has 0 spiro atoms. The molecule has 0 aliphatic heterocycles. The Morgan fingerprint density at radius 3 is 2.64 bits per heavy atom. The van der Waals surface area contributed by atoms with Crippen molar-refractivity contribution >= 4 is 29.9 Å². The highest BCUT2D eigenvalue weighted by Crippen LogP contribution is 2.27. The molecule has 2 atom stereocenters. The normalized spacial score (nSPS) is 21.3. The number of benzene rings is 1. The standard InChI is InChI=1S/C17H27N3O.HI/c1-20(2)17(18-12-14-8-5-4-6-9-14)19-13-15-10-7-11-16(15)21-3;/h4-6,8-9,15-16H,7,10-13H2,1-3H3,(H,18,19);1H. The van der Waals surface area contributed by atoms with Crippen molar-refractivity contribution in [3.63, 3.8) is 0 Å². The lowest BCUT2D eigenvalue weighted by Gasteiger charge is -2.23. The molecule has 0 heterocycles. The van der Waals surface area contributed by atoms with E-state index in [-0.39, 0.29) is 24.0 Å². The van der Waals surface area contributed by atoms with Crippen LogP contribution in [0.15, 0.2) is 35.3 Å². The monoisotopic (exact) mass is 417 g/mol. The SMILES string of the molecule is COC1CCCC1CNC(=NCc1ccccc1)N(C)C.I. The molecule has 2 unspecified atom stereocenters. The fraction of sp³-hybridized carbons (Fsp3) is 0.588. The summed E-state index contributed by atoms with van der Waals surface area (Å²) in [6.45, 7) is 1.64. The van der Waals surface area contributed by atoms with E-state index in [2.05, 4.69) is 29.6 Å². The van der Waals surface area contributed by atoms with Crippen molar-refractivity contribution in [1.82, 2.24) is 10.2 Å². The summed E-state index contributed by atoms with van der Waals surface area (Å²) in [7, 11) is 5.87. The van der Waals surface area contributed by atoms with E-state index in [9.17, 15) is 0 Å². The minimum absolute atomic E-state index is 0. The molecule has 22 heavy (non-hydrogen) atoms. The number of halogens is 1. The molecule has 2 rings (SSSR count). The first-order chi connectivity index (χ1) is 10.2. The number of nitrogens with one attached hydrogen (secondary N) is 1. The van der Waals surface area contributed by atoms with Gasteiger partial charge in [-0.3, -0.25) is 0 Å². The number of hydrogen-bond acceptors (Lipinski definition) is 2. The van der Waals surface area contributed by atoms with E-state index in [4.69, 9.17) is 9.73 Å². The molecule has 5 heteroatoms. The molecule has 4 nitrogen and oxygen atoms in total. The van der Waals surface area contributed by atoms with Crippen LogP contribution in [-0.4, -0.2) is 44.7 Å². The molecular weight excluding hydrogens is 389 g/mol. The summed E-state index contributed by atoms with van der Waals surface area (Å²) < 4.78 is 5.55. The number of ether oxygens (including phenoxy) is 1. The summed E-state index contributed by atoms with van der Waals surface area (Å²) in [6.07, 6.45) is 4.09. The second-order valence-corrected chi connectivity index (χ2v) is 5.87. The highest BCUT2D eigenvalue weighted by molar-refractivity contribution is 14.0. The van der Waals surface area contributed by atoms with Gasteiger partial charge in [-0.05, 0) is 18.4 Å². The smallest absolute Gasteiger partial charge is 0.193 e. The summed E-state index contributed by atoms with van der Waals surface area (Å²) in [6, 6.07) is 10.3. The van der Waals surface area contributed by atoms with Gasteiger partial charge in [0.05, 0.1) is 12.6 Å². The van der Waals surface area contributed by atoms with E-state index >= 15 is 0 Å². The molecule has 124 valence electrons. The van der Waals surface area contributed by atoms with Gasteiger partial charge in [0, 0.05) is 33.7 Å². The van der Waals surface area contributed by atoms with Crippen molar-refractivity contribution < 1.29 is 4.74 Å². The van der Waals surface area contributed by atoms with Crippen LogP contribution in [0.2, 0.25) is 0 Å². The number of hydrogen-bond donors (Lipinski definition) is 1. The molecule has 1 N–H and O–H groups in total. The van der Waals surface area contributed by atoms with Gasteiger partial charge in [0.1, 0.15) is 0 Å². The number of guanidine groups is 1. The van der Waals surface area contributed by atoms with E-state index in [1.807, 2.05) is 32.2 Å². The van der Waals surface area contributed by atoms with Crippen LogP contribution in [-0.2, 0) is 11.3 Å². The van der Waals surface area contributed by atoms with Gasteiger partial charge in [-0.1, -0.05) is 36.8 Å². The fourth-order valence-corrected chi connectivity index (χ4v) is 2.87. The van der Waals surface area contributed by atoms with Gasteiger partial charge >= 0.3 is 0 Å². The zero-order valence-corrected chi connectivity index (χ0v) is 16.1. The van der Waals surface area contributed by atoms with Gasteiger partial charge in [-0.25, -0.2) is 4.99 Å². The van der Waals surface area contributed by atoms with Crippen LogP contribution >= 0.6 is 24.0 Å². The van der Waals surface area contributed by atoms with Gasteiger partial charge in [0.15, 0.2) is 5.96 Å². The Labute approximate surface area is 151 Å². The third kappa shape index (κ3) is 5.76. The third-order valence-electron chi connectivity index (χ3n) is 4.09. The van der Waals surface area contributed by atoms with Crippen LogP contribution in [0.1, 0.15) is 24.8 Å². The Hall–Kier alpha value is -0.820. The molecule has 1 saturated carbocycles. The summed E-state index contributed by atoms with van der Waals surface area (Å²) in [5.74, 6) is 1.54. The molecular formula is C17H28IN3O. The van der Waals surface area contributed by atoms with Crippen LogP contribution in [0.25, 0.3) is 0 Å². The second kappa shape index (κ2) is 10.0. The largest absolute Gasteiger partial charge is 0.381 e. The van der Waals surface area contributed by atoms with Crippen molar-refractivity contribution in [2.45, 2.75) is 31.9 Å². The van der Waals surface area contributed by atoms with E-state index in [0.29, 0.717) is 18.6 Å². The van der Waals surface area contributed by atoms with Crippen LogP contribution in [0, 0.1) is 5.92 Å². The maximum absolute atomic E-state index is 5.55. The maximum atomic E-state index is 5.55. The number of rotatable bonds is 5. The van der Waals surface area contributed by atoms with E-state index < -0.39 is 0 Å². The number of aliphatic imine (C=N–C) groups is 1. The lowest BCUT2D eigenvalue weighted by molar-refractivity contribution is 0.0724. The van der Waals surface area contributed by atoms with Crippen molar-refractivity contribution in [2.75, 3.05) is 27.7 Å². The Balaban J connectivity index is 0.00000242. The van der Waals surface area contributed by atoms with Gasteiger partial charge in [-0.2, -0.15) is 0 Å². The molecule has 1 aliphatic carbocycles. The van der Waals surface area contributed by atoms with Crippen molar-refractivity contribution in [1.29, 1.82) is 0 Å². The second-order valence-electron chi connectivity index (χ2n) is 5.87. The molecule has 0 bridgehead atoms. The molecule has 0 aromatic heterocycles. The Bertz CT molecular complexity index is 450. The lowest BCUT2D eigenvalue weighted by Crippen LogP contribution is -2.40. The minimum atomic E-state index is 0. The van der Waals surface area contributed by atoms with Crippen LogP contribution in [0.3, 0.4) is 0 Å². The Kier molecular flexibility index (Phi) is 8.78. The molecule has 0 radical (unpaired) electrons. The van der Waals surface area contributed by atoms with E-state index in [1.165, 1.54) is 24.8 Å². The van der Waals surface area contributed by atoms with Crippen molar-refractivity contribution in [3.8, 4) is 0 Å². The molecule has 0 amide bonds. The Morgan fingerprint density at radius 1 is 1.27 bits per heavy atom. The first-order valence-corrected chi connectivity index (χ1v) is 7.73. The van der Waals surface area contributed by atoms with Crippen LogP contribution < -0.4 is 5.32 Å². The first-order valence-electron chi connectivity index (χ1n) is 7.73. The molecule has 1 aliphatic rings. The third-order valence-corrected chi connectivity index (χ3v) is 4.09. The van der Waals surface area contributed by atoms with Gasteiger partial charge in [0.2, 0.25) is 0 Å². The fourth-order valence-electron chi connectivity index (χ4n) is 2.87. The molecule has 1 aromatic rings.